The van der Waals surface area contributed by atoms with E-state index in [4.69, 9.17) is 26.8 Å². The van der Waals surface area contributed by atoms with Crippen molar-refractivity contribution in [3.05, 3.63) is 57.4 Å². The number of anilines is 1. The molecule has 168 valence electrons. The molecule has 3 N–H and O–H groups in total. The van der Waals surface area contributed by atoms with Crippen LogP contribution < -0.4 is 20.5 Å². The molecule has 2 aromatic carbocycles. The second-order valence-corrected chi connectivity index (χ2v) is 8.68. The first-order valence-electron chi connectivity index (χ1n) is 9.99. The normalized spacial score (nSPS) is 10.6. The van der Waals surface area contributed by atoms with Crippen LogP contribution in [0.4, 0.5) is 5.13 Å². The lowest BCUT2D eigenvalue weighted by Gasteiger charge is -2.13. The maximum atomic E-state index is 12.8. The number of rotatable bonds is 9. The maximum absolute atomic E-state index is 12.8. The van der Waals surface area contributed by atoms with Crippen LogP contribution in [-0.4, -0.2) is 30.5 Å². The molecule has 2 amide bonds. The van der Waals surface area contributed by atoms with Crippen molar-refractivity contribution in [2.75, 3.05) is 19.0 Å². The van der Waals surface area contributed by atoms with E-state index in [2.05, 4.69) is 29.4 Å². The Kier molecular flexibility index (Phi) is 7.71. The first kappa shape index (κ1) is 23.6. The van der Waals surface area contributed by atoms with Crippen LogP contribution in [0.1, 0.15) is 34.1 Å². The average molecular weight is 474 g/mol. The number of nitrogens with zero attached hydrogens (tertiary/aromatic N) is 1. The van der Waals surface area contributed by atoms with Crippen LogP contribution in [0.15, 0.2) is 36.4 Å². The summed E-state index contributed by atoms with van der Waals surface area (Å²) in [5, 5.41) is 3.41. The van der Waals surface area contributed by atoms with Crippen molar-refractivity contribution < 1.29 is 19.1 Å². The van der Waals surface area contributed by atoms with Gasteiger partial charge in [0.1, 0.15) is 0 Å². The predicted octanol–water partition coefficient (Wildman–Crippen LogP) is 4.85. The minimum absolute atomic E-state index is 0.124. The van der Waals surface area contributed by atoms with Crippen LogP contribution in [0, 0.1) is 6.92 Å². The van der Waals surface area contributed by atoms with E-state index in [0.29, 0.717) is 5.13 Å². The van der Waals surface area contributed by atoms with Crippen LogP contribution in [0.25, 0.3) is 11.3 Å². The van der Waals surface area contributed by atoms with E-state index in [1.165, 1.54) is 36.1 Å². The number of primary amides is 1. The molecule has 1 heterocycles. The fourth-order valence-electron chi connectivity index (χ4n) is 3.14. The molecule has 3 aromatic rings. The topological polar surface area (TPSA) is 104 Å². The molecule has 1 aromatic heterocycles. The molecule has 0 saturated carbocycles. The molecule has 3 rings (SSSR count). The van der Waals surface area contributed by atoms with Gasteiger partial charge in [0, 0.05) is 16.0 Å². The number of benzene rings is 2. The van der Waals surface area contributed by atoms with E-state index in [9.17, 15) is 9.59 Å². The molecule has 0 atom stereocenters. The summed E-state index contributed by atoms with van der Waals surface area (Å²) in [5.41, 5.74) is 8.48. The molecule has 0 fully saturated rings. The summed E-state index contributed by atoms with van der Waals surface area (Å²) in [6, 6.07) is 11.2. The number of hydrogen-bond donors (Lipinski definition) is 2. The maximum Gasteiger partial charge on any atom is 0.257 e. The highest BCUT2D eigenvalue weighted by atomic mass is 35.5. The largest absolute Gasteiger partial charge is 0.493 e. The molecule has 0 unspecified atom stereocenters. The molecule has 0 saturated heterocycles. The fourth-order valence-corrected chi connectivity index (χ4v) is 4.24. The van der Waals surface area contributed by atoms with Crippen molar-refractivity contribution in [3.63, 3.8) is 0 Å². The third-order valence-corrected chi connectivity index (χ3v) is 5.80. The van der Waals surface area contributed by atoms with Crippen molar-refractivity contribution in [2.45, 2.75) is 26.7 Å². The Morgan fingerprint density at radius 2 is 1.94 bits per heavy atom. The van der Waals surface area contributed by atoms with Crippen LogP contribution in [0.3, 0.4) is 0 Å². The summed E-state index contributed by atoms with van der Waals surface area (Å²) >= 11 is 7.63. The number of nitrogens with two attached hydrogens (primary N) is 1. The number of thiazole rings is 1. The van der Waals surface area contributed by atoms with Gasteiger partial charge in [0.25, 0.3) is 11.8 Å². The van der Waals surface area contributed by atoms with Gasteiger partial charge in [-0.1, -0.05) is 49.2 Å². The van der Waals surface area contributed by atoms with E-state index in [0.717, 1.165) is 29.0 Å². The zero-order valence-corrected chi connectivity index (χ0v) is 19.6. The molecule has 7 nitrogen and oxygen atoms in total. The van der Waals surface area contributed by atoms with Crippen molar-refractivity contribution >= 4 is 39.9 Å². The Bertz CT molecular complexity index is 1130. The third-order valence-electron chi connectivity index (χ3n) is 4.63. The van der Waals surface area contributed by atoms with Gasteiger partial charge in [-0.25, -0.2) is 4.98 Å². The van der Waals surface area contributed by atoms with Crippen molar-refractivity contribution in [3.8, 4) is 22.8 Å². The van der Waals surface area contributed by atoms with Crippen LogP contribution in [0.2, 0.25) is 5.02 Å². The summed E-state index contributed by atoms with van der Waals surface area (Å²) in [5.74, 6) is -0.694. The minimum Gasteiger partial charge on any atom is -0.493 e. The molecule has 0 bridgehead atoms. The Balaban J connectivity index is 1.79. The van der Waals surface area contributed by atoms with Crippen LogP contribution in [0.5, 0.6) is 11.5 Å². The number of nitrogens with one attached hydrogen (secondary N) is 1. The SMILES string of the molecule is CCCc1ccc(-c2nc(NC(=O)c3cc(Cl)c(OCC(N)=O)c(OC)c3)sc2C)cc1. The smallest absolute Gasteiger partial charge is 0.257 e. The quantitative estimate of drug-likeness (QED) is 0.462. The number of carbonyl (C=O) groups is 2. The Morgan fingerprint density at radius 3 is 2.56 bits per heavy atom. The van der Waals surface area contributed by atoms with Gasteiger partial charge in [0.05, 0.1) is 17.8 Å². The van der Waals surface area contributed by atoms with Gasteiger partial charge in [0.15, 0.2) is 23.2 Å². The monoisotopic (exact) mass is 473 g/mol. The number of ether oxygens (including phenoxy) is 2. The van der Waals surface area contributed by atoms with Gasteiger partial charge in [-0.3, -0.25) is 14.9 Å². The Hall–Kier alpha value is -3.10. The zero-order chi connectivity index (χ0) is 23.3. The zero-order valence-electron chi connectivity index (χ0n) is 18.0. The lowest BCUT2D eigenvalue weighted by atomic mass is 10.1. The van der Waals surface area contributed by atoms with E-state index in [1.807, 2.05) is 19.1 Å². The minimum atomic E-state index is -0.653. The number of carbonyl (C=O) groups excluding carboxylic acids is 2. The summed E-state index contributed by atoms with van der Waals surface area (Å²) in [6.45, 7) is 3.76. The highest BCUT2D eigenvalue weighted by Crippen LogP contribution is 2.37. The lowest BCUT2D eigenvalue weighted by molar-refractivity contribution is -0.119. The second-order valence-electron chi connectivity index (χ2n) is 7.07. The fraction of sp³-hybridized carbons (Fsp3) is 0.261. The summed E-state index contributed by atoms with van der Waals surface area (Å²) in [4.78, 5) is 29.4. The molecule has 0 spiro atoms. The summed E-state index contributed by atoms with van der Waals surface area (Å²) in [6.07, 6.45) is 2.13. The number of amides is 2. The van der Waals surface area contributed by atoms with Crippen molar-refractivity contribution in [2.24, 2.45) is 5.73 Å². The molecule has 0 radical (unpaired) electrons. The van der Waals surface area contributed by atoms with Gasteiger partial charge in [-0.2, -0.15) is 0 Å². The number of hydrogen-bond acceptors (Lipinski definition) is 6. The standard InChI is InChI=1S/C23H24ClN3O4S/c1-4-5-14-6-8-15(9-7-14)20-13(2)32-23(26-20)27-22(29)16-10-17(24)21(18(11-16)30-3)31-12-19(25)28/h6-11H,4-5,12H2,1-3H3,(H2,25,28)(H,26,27,29). The molecule has 0 aliphatic rings. The lowest BCUT2D eigenvalue weighted by Crippen LogP contribution is -2.20. The summed E-state index contributed by atoms with van der Waals surface area (Å²) in [7, 11) is 1.41. The highest BCUT2D eigenvalue weighted by molar-refractivity contribution is 7.16. The van der Waals surface area contributed by atoms with Gasteiger partial charge in [0.2, 0.25) is 0 Å². The molecule has 32 heavy (non-hydrogen) atoms. The number of aryl methyl sites for hydroxylation is 2. The molecule has 0 aliphatic heterocycles. The second kappa shape index (κ2) is 10.5. The van der Waals surface area contributed by atoms with Crippen LogP contribution >= 0.6 is 22.9 Å². The van der Waals surface area contributed by atoms with Gasteiger partial charge >= 0.3 is 0 Å². The highest BCUT2D eigenvalue weighted by Gasteiger charge is 2.18. The van der Waals surface area contributed by atoms with E-state index in [-0.39, 0.29) is 28.7 Å². The predicted molar refractivity (Wildman–Crippen MR) is 127 cm³/mol. The van der Waals surface area contributed by atoms with Gasteiger partial charge in [-0.05, 0) is 31.0 Å². The van der Waals surface area contributed by atoms with E-state index in [1.54, 1.807) is 0 Å². The Morgan fingerprint density at radius 1 is 1.22 bits per heavy atom. The molecular formula is C23H24ClN3O4S. The first-order chi connectivity index (χ1) is 15.3. The van der Waals surface area contributed by atoms with Crippen molar-refractivity contribution in [1.29, 1.82) is 0 Å². The number of halogens is 1. The Labute approximate surface area is 195 Å². The van der Waals surface area contributed by atoms with Gasteiger partial charge in [-0.15, -0.1) is 11.3 Å². The van der Waals surface area contributed by atoms with E-state index < -0.39 is 11.8 Å². The molecular weight excluding hydrogens is 450 g/mol. The van der Waals surface area contributed by atoms with Crippen LogP contribution in [-0.2, 0) is 11.2 Å². The van der Waals surface area contributed by atoms with Gasteiger partial charge < -0.3 is 15.2 Å². The number of aromatic nitrogens is 1. The molecule has 9 heteroatoms. The first-order valence-corrected chi connectivity index (χ1v) is 11.2. The average Bonchev–Trinajstić information content (AvgIpc) is 3.12. The number of methoxy groups -OCH3 is 1. The van der Waals surface area contributed by atoms with Crippen molar-refractivity contribution in [1.82, 2.24) is 4.98 Å². The van der Waals surface area contributed by atoms with E-state index >= 15 is 0 Å². The summed E-state index contributed by atoms with van der Waals surface area (Å²) < 4.78 is 10.5. The third kappa shape index (κ3) is 5.57. The molecule has 0 aliphatic carbocycles.